The first kappa shape index (κ1) is 19.3. The molecule has 1 aromatic carbocycles. The van der Waals surface area contributed by atoms with E-state index in [0.717, 1.165) is 62.7 Å². The molecule has 8 nitrogen and oxygen atoms in total. The fourth-order valence-electron chi connectivity index (χ4n) is 4.19. The van der Waals surface area contributed by atoms with Gasteiger partial charge in [0.1, 0.15) is 5.75 Å². The average molecular weight is 397 g/mol. The number of hydrogen-bond donors (Lipinski definition) is 1. The lowest BCUT2D eigenvalue weighted by Crippen LogP contribution is -2.52. The van der Waals surface area contributed by atoms with Gasteiger partial charge >= 0.3 is 0 Å². The van der Waals surface area contributed by atoms with E-state index < -0.39 is 0 Å². The van der Waals surface area contributed by atoms with Crippen molar-refractivity contribution in [3.8, 4) is 5.75 Å². The number of amides is 1. The number of carbonyl (C=O) groups is 1. The number of H-pyrrole nitrogens is 1. The summed E-state index contributed by atoms with van der Waals surface area (Å²) in [5.74, 6) is 1.04. The molecule has 3 heterocycles. The number of aromatic amines is 1. The Hall–Kier alpha value is -3.03. The molecule has 1 amide bonds. The Kier molecular flexibility index (Phi) is 5.69. The van der Waals surface area contributed by atoms with Crippen molar-refractivity contribution < 1.29 is 9.53 Å². The van der Waals surface area contributed by atoms with E-state index in [-0.39, 0.29) is 17.4 Å². The topological polar surface area (TPSA) is 81.8 Å². The zero-order valence-corrected chi connectivity index (χ0v) is 16.7. The van der Waals surface area contributed by atoms with Crippen LogP contribution in [0.5, 0.6) is 5.75 Å². The number of carbonyl (C=O) groups excluding carboxylic acids is 1. The van der Waals surface area contributed by atoms with Crippen LogP contribution in [0.15, 0.2) is 41.3 Å². The molecule has 2 aromatic rings. The summed E-state index contributed by atoms with van der Waals surface area (Å²) in [6.45, 7) is 4.60. The second kappa shape index (κ2) is 8.55. The third-order valence-electron chi connectivity index (χ3n) is 5.82. The van der Waals surface area contributed by atoms with E-state index in [1.165, 1.54) is 0 Å². The molecular formula is C21H27N5O3. The number of anilines is 2. The van der Waals surface area contributed by atoms with Gasteiger partial charge in [-0.25, -0.2) is 5.10 Å². The summed E-state index contributed by atoms with van der Waals surface area (Å²) in [4.78, 5) is 31.0. The lowest BCUT2D eigenvalue weighted by molar-refractivity contribution is -0.136. The maximum absolute atomic E-state index is 13.1. The molecule has 29 heavy (non-hydrogen) atoms. The van der Waals surface area contributed by atoms with Crippen molar-refractivity contribution in [1.29, 1.82) is 0 Å². The quantitative estimate of drug-likeness (QED) is 0.839. The lowest BCUT2D eigenvalue weighted by Gasteiger charge is -2.40. The minimum atomic E-state index is -0.217. The number of piperidine rings is 1. The molecule has 154 valence electrons. The second-order valence-corrected chi connectivity index (χ2v) is 7.60. The van der Waals surface area contributed by atoms with Gasteiger partial charge in [0.25, 0.3) is 5.56 Å². The molecule has 1 N–H and O–H groups in total. The van der Waals surface area contributed by atoms with Crippen molar-refractivity contribution in [1.82, 2.24) is 15.1 Å². The first-order chi connectivity index (χ1) is 14.1. The highest BCUT2D eigenvalue weighted by Gasteiger charge is 2.31. The number of nitrogens with zero attached hydrogens (tertiary/aromatic N) is 4. The van der Waals surface area contributed by atoms with Crippen molar-refractivity contribution in [2.24, 2.45) is 5.92 Å². The molecular weight excluding hydrogens is 370 g/mol. The molecule has 0 saturated carbocycles. The maximum Gasteiger partial charge on any atom is 0.266 e. The highest BCUT2D eigenvalue weighted by molar-refractivity contribution is 5.80. The highest BCUT2D eigenvalue weighted by atomic mass is 16.5. The molecule has 2 saturated heterocycles. The van der Waals surface area contributed by atoms with Crippen molar-refractivity contribution in [2.75, 3.05) is 56.2 Å². The lowest BCUT2D eigenvalue weighted by atomic mass is 9.96. The summed E-state index contributed by atoms with van der Waals surface area (Å²) in [5.41, 5.74) is 1.73. The standard InChI is InChI=1S/C21H27N5O3/c1-29-19-6-4-17(5-7-19)24-9-11-25(12-10-24)21(28)16-3-2-8-26(15-16)18-13-20(27)23-22-14-18/h4-7,13-14,16H,2-3,8-12,15H2,1H3,(H,23,27)/t16-/m0/s1. The summed E-state index contributed by atoms with van der Waals surface area (Å²) >= 11 is 0. The van der Waals surface area contributed by atoms with Crippen molar-refractivity contribution >= 4 is 17.3 Å². The van der Waals surface area contributed by atoms with Crippen molar-refractivity contribution in [3.05, 3.63) is 46.9 Å². The number of methoxy groups -OCH3 is 1. The Morgan fingerprint density at radius 3 is 2.52 bits per heavy atom. The molecule has 4 rings (SSSR count). The van der Waals surface area contributed by atoms with Crippen molar-refractivity contribution in [2.45, 2.75) is 12.8 Å². The van der Waals surface area contributed by atoms with E-state index in [2.05, 4.69) is 32.1 Å². The van der Waals surface area contributed by atoms with Gasteiger partial charge in [0.05, 0.1) is 24.9 Å². The van der Waals surface area contributed by atoms with E-state index in [0.29, 0.717) is 6.54 Å². The molecule has 2 aliphatic heterocycles. The van der Waals surface area contributed by atoms with Crippen LogP contribution < -0.4 is 20.1 Å². The van der Waals surface area contributed by atoms with E-state index in [1.807, 2.05) is 17.0 Å². The Labute approximate surface area is 170 Å². The SMILES string of the molecule is COc1ccc(N2CCN(C(=O)[C@H]3CCCN(c4cn[nH]c(=O)c4)C3)CC2)cc1. The number of benzene rings is 1. The molecule has 0 radical (unpaired) electrons. The van der Waals surface area contributed by atoms with E-state index in [4.69, 9.17) is 4.74 Å². The van der Waals surface area contributed by atoms with Crippen LogP contribution in [0, 0.1) is 5.92 Å². The first-order valence-corrected chi connectivity index (χ1v) is 10.1. The van der Waals surface area contributed by atoms with Gasteiger partial charge in [-0.15, -0.1) is 0 Å². The Morgan fingerprint density at radius 1 is 1.07 bits per heavy atom. The molecule has 1 atom stereocenters. The van der Waals surface area contributed by atoms with Crippen LogP contribution in [-0.4, -0.2) is 67.4 Å². The summed E-state index contributed by atoms with van der Waals surface area (Å²) in [5, 5.41) is 6.28. The molecule has 2 aliphatic rings. The highest BCUT2D eigenvalue weighted by Crippen LogP contribution is 2.25. The second-order valence-electron chi connectivity index (χ2n) is 7.60. The predicted octanol–water partition coefficient (Wildman–Crippen LogP) is 1.34. The van der Waals surface area contributed by atoms with Crippen LogP contribution in [0.2, 0.25) is 0 Å². The summed E-state index contributed by atoms with van der Waals surface area (Å²) < 4.78 is 5.22. The van der Waals surface area contributed by atoms with E-state index >= 15 is 0 Å². The van der Waals surface area contributed by atoms with Gasteiger partial charge in [-0.2, -0.15) is 5.10 Å². The van der Waals surface area contributed by atoms with E-state index in [1.54, 1.807) is 19.4 Å². The normalized spacial score (nSPS) is 19.9. The van der Waals surface area contributed by atoms with Gasteiger partial charge in [-0.05, 0) is 37.1 Å². The smallest absolute Gasteiger partial charge is 0.266 e. The van der Waals surface area contributed by atoms with Crippen LogP contribution >= 0.6 is 0 Å². The fraction of sp³-hybridized carbons (Fsp3) is 0.476. The molecule has 0 unspecified atom stereocenters. The van der Waals surface area contributed by atoms with Crippen LogP contribution in [0.25, 0.3) is 0 Å². The van der Waals surface area contributed by atoms with Crippen LogP contribution in [0.3, 0.4) is 0 Å². The molecule has 0 spiro atoms. The Bertz CT molecular complexity index is 890. The van der Waals surface area contributed by atoms with E-state index in [9.17, 15) is 9.59 Å². The number of piperazine rings is 1. The number of rotatable bonds is 4. The summed E-state index contributed by atoms with van der Waals surface area (Å²) in [6, 6.07) is 9.60. The Balaban J connectivity index is 1.34. The van der Waals surface area contributed by atoms with Gasteiger partial charge in [-0.1, -0.05) is 0 Å². The third kappa shape index (κ3) is 4.36. The summed E-state index contributed by atoms with van der Waals surface area (Å²) in [7, 11) is 1.66. The van der Waals surface area contributed by atoms with Crippen LogP contribution in [0.4, 0.5) is 11.4 Å². The maximum atomic E-state index is 13.1. The molecule has 0 aliphatic carbocycles. The fourth-order valence-corrected chi connectivity index (χ4v) is 4.19. The Morgan fingerprint density at radius 2 is 1.83 bits per heavy atom. The largest absolute Gasteiger partial charge is 0.497 e. The zero-order valence-electron chi connectivity index (χ0n) is 16.7. The number of nitrogens with one attached hydrogen (secondary N) is 1. The van der Waals surface area contributed by atoms with Crippen LogP contribution in [-0.2, 0) is 4.79 Å². The predicted molar refractivity (Wildman–Crippen MR) is 112 cm³/mol. The van der Waals surface area contributed by atoms with Gasteiger partial charge in [0.2, 0.25) is 5.91 Å². The van der Waals surface area contributed by atoms with Gasteiger partial charge in [0, 0.05) is 51.0 Å². The summed E-state index contributed by atoms with van der Waals surface area (Å²) in [6.07, 6.45) is 3.49. The number of aromatic nitrogens is 2. The molecule has 8 heteroatoms. The monoisotopic (exact) mass is 397 g/mol. The molecule has 0 bridgehead atoms. The molecule has 2 fully saturated rings. The zero-order chi connectivity index (χ0) is 20.2. The number of ether oxygens (including phenoxy) is 1. The third-order valence-corrected chi connectivity index (χ3v) is 5.82. The van der Waals surface area contributed by atoms with Gasteiger partial charge in [-0.3, -0.25) is 9.59 Å². The van der Waals surface area contributed by atoms with Crippen LogP contribution in [0.1, 0.15) is 12.8 Å². The first-order valence-electron chi connectivity index (χ1n) is 10.1. The average Bonchev–Trinajstić information content (AvgIpc) is 2.79. The van der Waals surface area contributed by atoms with Gasteiger partial charge in [0.15, 0.2) is 0 Å². The van der Waals surface area contributed by atoms with Crippen molar-refractivity contribution in [3.63, 3.8) is 0 Å². The molecule has 1 aromatic heterocycles. The number of hydrogen-bond acceptors (Lipinski definition) is 6. The minimum Gasteiger partial charge on any atom is -0.497 e. The van der Waals surface area contributed by atoms with Gasteiger partial charge < -0.3 is 19.4 Å². The minimum absolute atomic E-state index is 0.0319.